The minimum atomic E-state index is -0.545. The number of methoxy groups -OCH3 is 1. The predicted octanol–water partition coefficient (Wildman–Crippen LogP) is 2.69. The maximum atomic E-state index is 13.5. The standard InChI is InChI=1S/C16H17FN2O2S/c1-4-8-19-10(2)13(15(20)21-3)14(18-16(19)22)11-6-5-7-12(17)9-11/h4-7,9,14H,1,8H2,2-3H3,(H,18,22)/t14-/m1/s1. The van der Waals surface area contributed by atoms with Crippen LogP contribution in [0.3, 0.4) is 0 Å². The van der Waals surface area contributed by atoms with Crippen molar-refractivity contribution in [2.24, 2.45) is 0 Å². The molecule has 2 rings (SSSR count). The van der Waals surface area contributed by atoms with E-state index in [2.05, 4.69) is 11.9 Å². The van der Waals surface area contributed by atoms with Crippen LogP contribution in [0.25, 0.3) is 0 Å². The molecule has 22 heavy (non-hydrogen) atoms. The average Bonchev–Trinajstić information content (AvgIpc) is 2.50. The van der Waals surface area contributed by atoms with Crippen molar-refractivity contribution in [1.82, 2.24) is 10.2 Å². The van der Waals surface area contributed by atoms with E-state index < -0.39 is 12.0 Å². The van der Waals surface area contributed by atoms with E-state index in [1.54, 1.807) is 30.0 Å². The van der Waals surface area contributed by atoms with Crippen LogP contribution in [0.1, 0.15) is 18.5 Å². The van der Waals surface area contributed by atoms with Crippen LogP contribution in [0.5, 0.6) is 0 Å². The molecule has 1 heterocycles. The molecule has 1 aliphatic heterocycles. The van der Waals surface area contributed by atoms with Gasteiger partial charge < -0.3 is 15.0 Å². The minimum absolute atomic E-state index is 0.374. The summed E-state index contributed by atoms with van der Waals surface area (Å²) >= 11 is 5.34. The highest BCUT2D eigenvalue weighted by Crippen LogP contribution is 2.31. The van der Waals surface area contributed by atoms with Crippen LogP contribution >= 0.6 is 12.2 Å². The second kappa shape index (κ2) is 6.70. The molecule has 4 nitrogen and oxygen atoms in total. The van der Waals surface area contributed by atoms with Crippen LogP contribution in [0.4, 0.5) is 4.39 Å². The van der Waals surface area contributed by atoms with Crippen molar-refractivity contribution in [3.05, 3.63) is 59.6 Å². The highest BCUT2D eigenvalue weighted by molar-refractivity contribution is 7.80. The van der Waals surface area contributed by atoms with E-state index in [-0.39, 0.29) is 5.82 Å². The Kier molecular flexibility index (Phi) is 4.92. The minimum Gasteiger partial charge on any atom is -0.466 e. The number of carbonyl (C=O) groups is 1. The first-order valence-corrected chi connectivity index (χ1v) is 7.14. The number of benzene rings is 1. The number of nitrogens with one attached hydrogen (secondary N) is 1. The summed E-state index contributed by atoms with van der Waals surface area (Å²) in [5, 5.41) is 3.53. The summed E-state index contributed by atoms with van der Waals surface area (Å²) in [6, 6.07) is 5.51. The predicted molar refractivity (Wildman–Crippen MR) is 86.5 cm³/mol. The SMILES string of the molecule is C=CCN1C(=S)N[C@H](c2cccc(F)c2)C(C(=O)OC)=C1C. The molecule has 1 aromatic carbocycles. The number of thiocarbonyl (C=S) groups is 1. The molecule has 0 aromatic heterocycles. The number of rotatable bonds is 4. The number of carbonyl (C=O) groups excluding carboxylic acids is 1. The van der Waals surface area contributed by atoms with Crippen LogP contribution in [-0.4, -0.2) is 29.6 Å². The first-order chi connectivity index (χ1) is 10.5. The normalized spacial score (nSPS) is 18.0. The fraction of sp³-hybridized carbons (Fsp3) is 0.250. The van der Waals surface area contributed by atoms with E-state index >= 15 is 0 Å². The molecule has 1 aliphatic rings. The summed E-state index contributed by atoms with van der Waals surface area (Å²) in [5.74, 6) is -0.851. The number of hydrogen-bond acceptors (Lipinski definition) is 3. The lowest BCUT2D eigenvalue weighted by atomic mass is 9.95. The van der Waals surface area contributed by atoms with Crippen LogP contribution in [0, 0.1) is 5.82 Å². The Morgan fingerprint density at radius 1 is 1.59 bits per heavy atom. The van der Waals surface area contributed by atoms with Crippen molar-refractivity contribution in [3.63, 3.8) is 0 Å². The summed E-state index contributed by atoms with van der Waals surface area (Å²) in [7, 11) is 1.32. The maximum Gasteiger partial charge on any atom is 0.337 e. The third-order valence-corrected chi connectivity index (χ3v) is 3.83. The van der Waals surface area contributed by atoms with Gasteiger partial charge in [-0.1, -0.05) is 18.2 Å². The van der Waals surface area contributed by atoms with E-state index in [0.29, 0.717) is 28.5 Å². The van der Waals surface area contributed by atoms with Gasteiger partial charge in [-0.3, -0.25) is 0 Å². The van der Waals surface area contributed by atoms with Gasteiger partial charge in [0.2, 0.25) is 0 Å². The number of halogens is 1. The Morgan fingerprint density at radius 2 is 2.32 bits per heavy atom. The number of nitrogens with zero attached hydrogens (tertiary/aromatic N) is 1. The third-order valence-electron chi connectivity index (χ3n) is 3.50. The van der Waals surface area contributed by atoms with Crippen molar-refractivity contribution in [2.75, 3.05) is 13.7 Å². The van der Waals surface area contributed by atoms with Gasteiger partial charge in [0.1, 0.15) is 5.82 Å². The summed E-state index contributed by atoms with van der Waals surface area (Å²) in [4.78, 5) is 13.9. The quantitative estimate of drug-likeness (QED) is 0.525. The zero-order chi connectivity index (χ0) is 16.3. The van der Waals surface area contributed by atoms with Gasteiger partial charge in [0, 0.05) is 12.2 Å². The maximum absolute atomic E-state index is 13.5. The smallest absolute Gasteiger partial charge is 0.337 e. The van der Waals surface area contributed by atoms with Crippen LogP contribution in [0.15, 0.2) is 48.2 Å². The Labute approximate surface area is 134 Å². The molecule has 116 valence electrons. The largest absolute Gasteiger partial charge is 0.466 e. The first kappa shape index (κ1) is 16.2. The summed E-state index contributed by atoms with van der Waals surface area (Å²) in [5.41, 5.74) is 1.69. The topological polar surface area (TPSA) is 41.6 Å². The van der Waals surface area contributed by atoms with E-state index in [4.69, 9.17) is 17.0 Å². The molecule has 0 aliphatic carbocycles. The lowest BCUT2D eigenvalue weighted by Crippen LogP contribution is -2.47. The third kappa shape index (κ3) is 3.01. The molecule has 6 heteroatoms. The number of allylic oxidation sites excluding steroid dienone is 1. The van der Waals surface area contributed by atoms with Crippen LogP contribution in [-0.2, 0) is 9.53 Å². The molecule has 0 saturated carbocycles. The van der Waals surface area contributed by atoms with Gasteiger partial charge in [-0.05, 0) is 36.8 Å². The van der Waals surface area contributed by atoms with E-state index in [1.807, 2.05) is 0 Å². The highest BCUT2D eigenvalue weighted by atomic mass is 32.1. The van der Waals surface area contributed by atoms with E-state index in [9.17, 15) is 9.18 Å². The fourth-order valence-corrected chi connectivity index (χ4v) is 2.77. The molecule has 1 N–H and O–H groups in total. The molecule has 0 radical (unpaired) electrons. The van der Waals surface area contributed by atoms with Crippen molar-refractivity contribution >= 4 is 23.3 Å². The Bertz CT molecular complexity index is 657. The van der Waals surface area contributed by atoms with Crippen molar-refractivity contribution < 1.29 is 13.9 Å². The van der Waals surface area contributed by atoms with Gasteiger partial charge in [-0.15, -0.1) is 6.58 Å². The van der Waals surface area contributed by atoms with Crippen molar-refractivity contribution in [3.8, 4) is 0 Å². The second-order valence-electron chi connectivity index (χ2n) is 4.83. The molecule has 0 saturated heterocycles. The van der Waals surface area contributed by atoms with Gasteiger partial charge in [0.05, 0.1) is 18.7 Å². The molecular formula is C16H17FN2O2S. The highest BCUT2D eigenvalue weighted by Gasteiger charge is 2.34. The number of hydrogen-bond donors (Lipinski definition) is 1. The summed E-state index contributed by atoms with van der Waals surface area (Å²) in [6.07, 6.45) is 1.69. The average molecular weight is 320 g/mol. The van der Waals surface area contributed by atoms with Gasteiger partial charge >= 0.3 is 5.97 Å². The molecule has 0 spiro atoms. The Morgan fingerprint density at radius 3 is 2.91 bits per heavy atom. The molecule has 1 atom stereocenters. The van der Waals surface area contributed by atoms with Gasteiger partial charge in [0.15, 0.2) is 5.11 Å². The second-order valence-corrected chi connectivity index (χ2v) is 5.21. The van der Waals surface area contributed by atoms with E-state index in [0.717, 1.165) is 0 Å². The van der Waals surface area contributed by atoms with Gasteiger partial charge in [-0.25, -0.2) is 9.18 Å². The molecule has 0 amide bonds. The lowest BCUT2D eigenvalue weighted by Gasteiger charge is -2.36. The molecule has 0 unspecified atom stereocenters. The van der Waals surface area contributed by atoms with Gasteiger partial charge in [-0.2, -0.15) is 0 Å². The van der Waals surface area contributed by atoms with Crippen LogP contribution in [0.2, 0.25) is 0 Å². The zero-order valence-electron chi connectivity index (χ0n) is 12.4. The fourth-order valence-electron chi connectivity index (χ4n) is 2.44. The zero-order valence-corrected chi connectivity index (χ0v) is 13.2. The van der Waals surface area contributed by atoms with Crippen LogP contribution < -0.4 is 5.32 Å². The van der Waals surface area contributed by atoms with Gasteiger partial charge in [0.25, 0.3) is 0 Å². The first-order valence-electron chi connectivity index (χ1n) is 6.73. The van der Waals surface area contributed by atoms with E-state index in [1.165, 1.54) is 19.2 Å². The molecule has 0 fully saturated rings. The van der Waals surface area contributed by atoms with Crippen molar-refractivity contribution in [2.45, 2.75) is 13.0 Å². The summed E-state index contributed by atoms with van der Waals surface area (Å²) < 4.78 is 18.4. The Balaban J connectivity index is 2.55. The molecular weight excluding hydrogens is 303 g/mol. The molecule has 1 aromatic rings. The molecule has 0 bridgehead atoms. The number of ether oxygens (including phenoxy) is 1. The number of esters is 1. The lowest BCUT2D eigenvalue weighted by molar-refractivity contribution is -0.136. The monoisotopic (exact) mass is 320 g/mol. The van der Waals surface area contributed by atoms with Crippen molar-refractivity contribution in [1.29, 1.82) is 0 Å². The Hall–Kier alpha value is -2.21. The summed E-state index contributed by atoms with van der Waals surface area (Å²) in [6.45, 7) is 5.94.